The molecule has 5 heteroatoms. The highest BCUT2D eigenvalue weighted by atomic mass is 32.2. The number of para-hydroxylation sites is 1. The number of esters is 1. The van der Waals surface area contributed by atoms with E-state index in [1.807, 2.05) is 54.8 Å². The van der Waals surface area contributed by atoms with Gasteiger partial charge in [-0.3, -0.25) is 9.59 Å². The summed E-state index contributed by atoms with van der Waals surface area (Å²) in [6.45, 7) is 0. The zero-order valence-electron chi connectivity index (χ0n) is 14.0. The first-order valence-electron chi connectivity index (χ1n) is 8.06. The van der Waals surface area contributed by atoms with Crippen LogP contribution in [0.4, 0.5) is 0 Å². The Kier molecular flexibility index (Phi) is 3.88. The average Bonchev–Trinajstić information content (AvgIpc) is 2.65. The maximum atomic E-state index is 13.0. The lowest BCUT2D eigenvalue weighted by Gasteiger charge is -2.26. The van der Waals surface area contributed by atoms with Crippen LogP contribution in [0.15, 0.2) is 58.2 Å². The van der Waals surface area contributed by atoms with Gasteiger partial charge in [-0.2, -0.15) is 0 Å². The number of aryl methyl sites for hydroxylation is 1. The van der Waals surface area contributed by atoms with Crippen molar-refractivity contribution in [2.45, 2.75) is 17.2 Å². The summed E-state index contributed by atoms with van der Waals surface area (Å²) in [7, 11) is 1.76. The van der Waals surface area contributed by atoms with Crippen LogP contribution >= 0.6 is 11.8 Å². The van der Waals surface area contributed by atoms with Crippen molar-refractivity contribution >= 4 is 28.6 Å². The van der Waals surface area contributed by atoms with Crippen molar-refractivity contribution < 1.29 is 9.53 Å². The predicted octanol–water partition coefficient (Wildman–Crippen LogP) is 3.70. The van der Waals surface area contributed by atoms with Gasteiger partial charge in [0.15, 0.2) is 0 Å². The minimum atomic E-state index is -0.301. The highest BCUT2D eigenvalue weighted by Crippen LogP contribution is 2.40. The Morgan fingerprint density at radius 3 is 2.52 bits per heavy atom. The fourth-order valence-electron chi connectivity index (χ4n) is 3.45. The number of nitrogens with zero attached hydrogens (tertiary/aromatic N) is 1. The zero-order chi connectivity index (χ0) is 17.6. The van der Waals surface area contributed by atoms with Crippen molar-refractivity contribution in [2.24, 2.45) is 7.05 Å². The molecule has 1 aliphatic rings. The van der Waals surface area contributed by atoms with Gasteiger partial charge in [-0.05, 0) is 36.1 Å². The second kappa shape index (κ2) is 6.08. The molecule has 0 N–H and O–H groups in total. The Morgan fingerprint density at radius 2 is 1.80 bits per heavy atom. The van der Waals surface area contributed by atoms with Crippen molar-refractivity contribution in [1.29, 1.82) is 0 Å². The molecule has 0 spiro atoms. The van der Waals surface area contributed by atoms with Crippen molar-refractivity contribution in [3.63, 3.8) is 0 Å². The van der Waals surface area contributed by atoms with Crippen LogP contribution in [0.25, 0.3) is 10.9 Å². The van der Waals surface area contributed by atoms with E-state index in [0.29, 0.717) is 11.3 Å². The second-order valence-electron chi connectivity index (χ2n) is 6.13. The van der Waals surface area contributed by atoms with E-state index < -0.39 is 0 Å². The summed E-state index contributed by atoms with van der Waals surface area (Å²) in [6, 6.07) is 15.5. The van der Waals surface area contributed by atoms with Gasteiger partial charge in [0.25, 0.3) is 5.56 Å². The topological polar surface area (TPSA) is 48.3 Å². The van der Waals surface area contributed by atoms with Gasteiger partial charge in [-0.15, -0.1) is 11.8 Å². The quantitative estimate of drug-likeness (QED) is 0.522. The second-order valence-corrected chi connectivity index (χ2v) is 7.01. The van der Waals surface area contributed by atoms with Crippen LogP contribution in [0.2, 0.25) is 0 Å². The van der Waals surface area contributed by atoms with E-state index in [1.54, 1.807) is 23.4 Å². The van der Waals surface area contributed by atoms with E-state index in [4.69, 9.17) is 4.74 Å². The molecule has 1 aromatic heterocycles. The first kappa shape index (κ1) is 16.0. The molecular weight excluding hydrogens is 334 g/mol. The van der Waals surface area contributed by atoms with Gasteiger partial charge in [0.05, 0.1) is 17.5 Å². The molecule has 3 aromatic rings. The van der Waals surface area contributed by atoms with Gasteiger partial charge in [-0.1, -0.05) is 24.3 Å². The van der Waals surface area contributed by atoms with Crippen LogP contribution in [0, 0.1) is 0 Å². The van der Waals surface area contributed by atoms with E-state index in [0.717, 1.165) is 21.4 Å². The number of rotatable bonds is 2. The lowest BCUT2D eigenvalue weighted by atomic mass is 9.86. The van der Waals surface area contributed by atoms with Crippen LogP contribution in [-0.2, 0) is 11.8 Å². The molecule has 4 nitrogen and oxygen atoms in total. The number of pyridine rings is 1. The lowest BCUT2D eigenvalue weighted by Crippen LogP contribution is -2.31. The van der Waals surface area contributed by atoms with Crippen molar-refractivity contribution in [2.75, 3.05) is 6.26 Å². The van der Waals surface area contributed by atoms with Gasteiger partial charge < -0.3 is 9.30 Å². The number of carbonyl (C=O) groups excluding carboxylic acids is 1. The Labute approximate surface area is 149 Å². The molecule has 2 heterocycles. The monoisotopic (exact) mass is 351 g/mol. The molecule has 0 unspecified atom stereocenters. The fourth-order valence-corrected chi connectivity index (χ4v) is 3.86. The standard InChI is InChI=1S/C20H17NO3S/c1-21-16-6-4-3-5-14(16)19-18(20(21)23)15(11-17(22)24-19)12-7-9-13(25-2)10-8-12/h3-10,15H,11H2,1-2H3/t15-/m1/s1. The molecule has 126 valence electrons. The third kappa shape index (κ3) is 2.55. The summed E-state index contributed by atoms with van der Waals surface area (Å²) in [5, 5.41) is 0.790. The minimum Gasteiger partial charge on any atom is -0.425 e. The van der Waals surface area contributed by atoms with Crippen molar-refractivity contribution in [1.82, 2.24) is 4.57 Å². The maximum Gasteiger partial charge on any atom is 0.312 e. The molecule has 0 saturated heterocycles. The Hall–Kier alpha value is -2.53. The fraction of sp³-hybridized carbons (Fsp3) is 0.200. The third-order valence-electron chi connectivity index (χ3n) is 4.74. The van der Waals surface area contributed by atoms with E-state index >= 15 is 0 Å². The van der Waals surface area contributed by atoms with Crippen LogP contribution in [0.3, 0.4) is 0 Å². The number of benzene rings is 2. The molecule has 0 amide bonds. The Balaban J connectivity index is 1.99. The molecular formula is C20H17NO3S. The minimum absolute atomic E-state index is 0.111. The Morgan fingerprint density at radius 1 is 1.08 bits per heavy atom. The smallest absolute Gasteiger partial charge is 0.312 e. The maximum absolute atomic E-state index is 13.0. The summed E-state index contributed by atoms with van der Waals surface area (Å²) in [5.41, 5.74) is 2.18. The lowest BCUT2D eigenvalue weighted by molar-refractivity contribution is -0.135. The van der Waals surface area contributed by atoms with Crippen LogP contribution in [-0.4, -0.2) is 16.8 Å². The van der Waals surface area contributed by atoms with Crippen LogP contribution in [0.1, 0.15) is 23.5 Å². The summed E-state index contributed by atoms with van der Waals surface area (Å²) < 4.78 is 7.16. The highest BCUT2D eigenvalue weighted by molar-refractivity contribution is 7.98. The SMILES string of the molecule is CSc1ccc([C@H]2CC(=O)Oc3c2c(=O)n(C)c2ccccc32)cc1. The van der Waals surface area contributed by atoms with Crippen molar-refractivity contribution in [3.8, 4) is 5.75 Å². The van der Waals surface area contributed by atoms with Gasteiger partial charge in [0, 0.05) is 23.2 Å². The van der Waals surface area contributed by atoms with Gasteiger partial charge >= 0.3 is 5.97 Å². The van der Waals surface area contributed by atoms with E-state index in [9.17, 15) is 9.59 Å². The number of hydrogen-bond acceptors (Lipinski definition) is 4. The van der Waals surface area contributed by atoms with Gasteiger partial charge in [-0.25, -0.2) is 0 Å². The average molecular weight is 351 g/mol. The molecule has 0 bridgehead atoms. The highest BCUT2D eigenvalue weighted by Gasteiger charge is 2.33. The van der Waals surface area contributed by atoms with Crippen LogP contribution < -0.4 is 10.3 Å². The van der Waals surface area contributed by atoms with E-state index in [-0.39, 0.29) is 23.9 Å². The molecule has 4 rings (SSSR count). The number of fused-ring (bicyclic) bond motifs is 3. The molecule has 25 heavy (non-hydrogen) atoms. The van der Waals surface area contributed by atoms with E-state index in [1.165, 1.54) is 0 Å². The zero-order valence-corrected chi connectivity index (χ0v) is 14.8. The predicted molar refractivity (Wildman–Crippen MR) is 99.5 cm³/mol. The van der Waals surface area contributed by atoms with E-state index in [2.05, 4.69) is 0 Å². The van der Waals surface area contributed by atoms with Gasteiger partial charge in [0.2, 0.25) is 0 Å². The molecule has 2 aromatic carbocycles. The first-order valence-corrected chi connectivity index (χ1v) is 9.29. The largest absolute Gasteiger partial charge is 0.425 e. The summed E-state index contributed by atoms with van der Waals surface area (Å²) >= 11 is 1.66. The molecule has 0 fully saturated rings. The molecule has 0 radical (unpaired) electrons. The molecule has 0 saturated carbocycles. The van der Waals surface area contributed by atoms with Crippen molar-refractivity contribution in [3.05, 3.63) is 70.0 Å². The molecule has 1 aliphatic heterocycles. The summed E-state index contributed by atoms with van der Waals surface area (Å²) in [5.74, 6) is -0.172. The summed E-state index contributed by atoms with van der Waals surface area (Å²) in [4.78, 5) is 26.4. The number of aromatic nitrogens is 1. The Bertz CT molecular complexity index is 1040. The number of ether oxygens (including phenoxy) is 1. The summed E-state index contributed by atoms with van der Waals surface area (Å²) in [6.07, 6.45) is 2.20. The molecule has 0 aliphatic carbocycles. The number of thioether (sulfide) groups is 1. The van der Waals surface area contributed by atoms with Crippen LogP contribution in [0.5, 0.6) is 5.75 Å². The third-order valence-corrected chi connectivity index (χ3v) is 5.49. The number of hydrogen-bond donors (Lipinski definition) is 0. The molecule has 1 atom stereocenters. The van der Waals surface area contributed by atoms with Gasteiger partial charge in [0.1, 0.15) is 5.75 Å². The number of carbonyl (C=O) groups is 1. The normalized spacial score (nSPS) is 16.6. The first-order chi connectivity index (χ1) is 12.1.